The molecule has 0 spiro atoms. The van der Waals surface area contributed by atoms with Crippen molar-refractivity contribution in [2.24, 2.45) is 0 Å². The van der Waals surface area contributed by atoms with Gasteiger partial charge >= 0.3 is 0 Å². The van der Waals surface area contributed by atoms with E-state index in [2.05, 4.69) is 79.1 Å². The van der Waals surface area contributed by atoms with Gasteiger partial charge in [0.2, 0.25) is 0 Å². The Balaban J connectivity index is 1.34. The van der Waals surface area contributed by atoms with E-state index in [1.165, 1.54) is 11.3 Å². The summed E-state index contributed by atoms with van der Waals surface area (Å²) in [5, 5.41) is 13.8. The Bertz CT molecular complexity index is 1230. The van der Waals surface area contributed by atoms with Crippen LogP contribution in [0.5, 0.6) is 5.75 Å². The third-order valence-electron chi connectivity index (χ3n) is 8.67. The van der Waals surface area contributed by atoms with Gasteiger partial charge in [-0.25, -0.2) is 4.98 Å². The molecule has 3 atom stereocenters. The number of nitrogens with zero attached hydrogens (tertiary/aromatic N) is 5. The van der Waals surface area contributed by atoms with Gasteiger partial charge < -0.3 is 15.3 Å². The highest BCUT2D eigenvalue weighted by Crippen LogP contribution is 2.40. The quantitative estimate of drug-likeness (QED) is 0.462. The standard InChI is InChI=1S/C31H44N6O/c1-6-8-30(37-20-22(2)33-23(3)21-37)29-19-32-28-18-25(11-12-27(28)34-29)36-15-13-31(14-16-36,35(4)5)24-9-7-10-26(38)17-24/h7,9-12,17-19,22-23,30,33,38H,6,8,13-16,20-21H2,1-5H3. The number of phenolic OH excluding ortho intramolecular Hbond substituents is 1. The van der Waals surface area contributed by atoms with Crippen LogP contribution in [0.4, 0.5) is 5.69 Å². The highest BCUT2D eigenvalue weighted by Gasteiger charge is 2.38. The molecule has 3 unspecified atom stereocenters. The van der Waals surface area contributed by atoms with Gasteiger partial charge in [0.05, 0.1) is 29.0 Å². The molecular weight excluding hydrogens is 472 g/mol. The molecule has 2 aromatic carbocycles. The van der Waals surface area contributed by atoms with E-state index in [1.807, 2.05) is 18.3 Å². The van der Waals surface area contributed by atoms with Crippen LogP contribution < -0.4 is 10.2 Å². The van der Waals surface area contributed by atoms with Gasteiger partial charge in [-0.05, 0) is 83.1 Å². The van der Waals surface area contributed by atoms with Crippen LogP contribution in [0.15, 0.2) is 48.7 Å². The summed E-state index contributed by atoms with van der Waals surface area (Å²) in [6, 6.07) is 15.6. The number of aromatic nitrogens is 2. The smallest absolute Gasteiger partial charge is 0.115 e. The minimum Gasteiger partial charge on any atom is -0.508 e. The summed E-state index contributed by atoms with van der Waals surface area (Å²) in [4.78, 5) is 17.4. The molecule has 0 bridgehead atoms. The van der Waals surface area contributed by atoms with Crippen LogP contribution in [0.2, 0.25) is 0 Å². The largest absolute Gasteiger partial charge is 0.508 e. The summed E-state index contributed by atoms with van der Waals surface area (Å²) >= 11 is 0. The van der Waals surface area contributed by atoms with Gasteiger partial charge in [-0.1, -0.05) is 25.5 Å². The summed E-state index contributed by atoms with van der Waals surface area (Å²) in [6.07, 6.45) is 6.22. The molecule has 38 heavy (non-hydrogen) atoms. The molecule has 3 heterocycles. The maximum atomic E-state index is 10.1. The van der Waals surface area contributed by atoms with Crippen molar-refractivity contribution in [1.29, 1.82) is 0 Å². The lowest BCUT2D eigenvalue weighted by Crippen LogP contribution is -2.55. The molecule has 2 N–H and O–H groups in total. The highest BCUT2D eigenvalue weighted by atomic mass is 16.3. The fourth-order valence-electron chi connectivity index (χ4n) is 6.71. The van der Waals surface area contributed by atoms with E-state index < -0.39 is 0 Å². The fraction of sp³-hybridized carbons (Fsp3) is 0.548. The Labute approximate surface area is 227 Å². The van der Waals surface area contributed by atoms with Crippen LogP contribution in [0.3, 0.4) is 0 Å². The van der Waals surface area contributed by atoms with Crippen LogP contribution in [0.25, 0.3) is 11.0 Å². The zero-order valence-corrected chi connectivity index (χ0v) is 23.7. The second-order valence-electron chi connectivity index (χ2n) is 11.7. The molecule has 0 radical (unpaired) electrons. The molecule has 2 saturated heterocycles. The molecule has 2 aliphatic rings. The second kappa shape index (κ2) is 11.2. The Hall–Kier alpha value is -2.74. The molecule has 3 aromatic rings. The summed E-state index contributed by atoms with van der Waals surface area (Å²) in [5.41, 5.74) is 5.34. The average Bonchev–Trinajstić information content (AvgIpc) is 2.90. The number of anilines is 1. The number of hydrogen-bond donors (Lipinski definition) is 2. The number of rotatable bonds is 7. The molecular formula is C31H44N6O. The summed E-state index contributed by atoms with van der Waals surface area (Å²) in [6.45, 7) is 10.8. The lowest BCUT2D eigenvalue weighted by atomic mass is 9.79. The monoisotopic (exact) mass is 516 g/mol. The predicted octanol–water partition coefficient (Wildman–Crippen LogP) is 4.92. The number of fused-ring (bicyclic) bond motifs is 1. The van der Waals surface area contributed by atoms with E-state index in [1.54, 1.807) is 6.07 Å². The first-order valence-electron chi connectivity index (χ1n) is 14.3. The minimum atomic E-state index is -0.0753. The van der Waals surface area contributed by atoms with Crippen molar-refractivity contribution in [1.82, 2.24) is 25.1 Å². The summed E-state index contributed by atoms with van der Waals surface area (Å²) in [5.74, 6) is 0.334. The van der Waals surface area contributed by atoms with Gasteiger partial charge in [-0.2, -0.15) is 0 Å². The zero-order valence-electron chi connectivity index (χ0n) is 23.7. The topological polar surface area (TPSA) is 67.8 Å². The van der Waals surface area contributed by atoms with Gasteiger partial charge in [0.25, 0.3) is 0 Å². The van der Waals surface area contributed by atoms with Crippen molar-refractivity contribution in [3.63, 3.8) is 0 Å². The Morgan fingerprint density at radius 1 is 1.05 bits per heavy atom. The highest BCUT2D eigenvalue weighted by molar-refractivity contribution is 5.79. The molecule has 204 valence electrons. The van der Waals surface area contributed by atoms with Crippen molar-refractivity contribution in [2.75, 3.05) is 45.2 Å². The molecule has 7 heteroatoms. The molecule has 2 aliphatic heterocycles. The predicted molar refractivity (Wildman–Crippen MR) is 156 cm³/mol. The van der Waals surface area contributed by atoms with Gasteiger partial charge in [0, 0.05) is 49.5 Å². The molecule has 0 saturated carbocycles. The van der Waals surface area contributed by atoms with Crippen LogP contribution >= 0.6 is 0 Å². The van der Waals surface area contributed by atoms with E-state index in [0.717, 1.165) is 68.6 Å². The van der Waals surface area contributed by atoms with Crippen LogP contribution in [0.1, 0.15) is 63.8 Å². The molecule has 5 rings (SSSR count). The van der Waals surface area contributed by atoms with Gasteiger partial charge in [-0.3, -0.25) is 14.8 Å². The van der Waals surface area contributed by atoms with Gasteiger partial charge in [0.1, 0.15) is 5.75 Å². The van der Waals surface area contributed by atoms with E-state index in [-0.39, 0.29) is 5.54 Å². The lowest BCUT2D eigenvalue weighted by molar-refractivity contribution is 0.114. The van der Waals surface area contributed by atoms with Gasteiger partial charge in [0.15, 0.2) is 0 Å². The third-order valence-corrected chi connectivity index (χ3v) is 8.67. The Morgan fingerprint density at radius 2 is 1.79 bits per heavy atom. The summed E-state index contributed by atoms with van der Waals surface area (Å²) in [7, 11) is 4.30. The van der Waals surface area contributed by atoms with Crippen LogP contribution in [-0.2, 0) is 5.54 Å². The maximum Gasteiger partial charge on any atom is 0.115 e. The molecule has 2 fully saturated rings. The van der Waals surface area contributed by atoms with Crippen molar-refractivity contribution in [2.45, 2.75) is 70.1 Å². The zero-order chi connectivity index (χ0) is 26.9. The van der Waals surface area contributed by atoms with E-state index in [4.69, 9.17) is 9.97 Å². The number of phenols is 1. The first-order chi connectivity index (χ1) is 18.3. The molecule has 7 nitrogen and oxygen atoms in total. The number of piperazine rings is 1. The van der Waals surface area contributed by atoms with Gasteiger partial charge in [-0.15, -0.1) is 0 Å². The SMILES string of the molecule is CCCC(c1cnc2cc(N3CCC(c4cccc(O)c4)(N(C)C)CC3)ccc2n1)N1CC(C)NC(C)C1. The minimum absolute atomic E-state index is 0.0753. The maximum absolute atomic E-state index is 10.1. The van der Waals surface area contributed by atoms with Crippen LogP contribution in [-0.4, -0.2) is 77.2 Å². The van der Waals surface area contributed by atoms with Crippen molar-refractivity contribution < 1.29 is 5.11 Å². The Morgan fingerprint density at radius 3 is 2.45 bits per heavy atom. The average molecular weight is 517 g/mol. The third kappa shape index (κ3) is 5.37. The molecule has 0 aliphatic carbocycles. The number of nitrogens with one attached hydrogen (secondary N) is 1. The van der Waals surface area contributed by atoms with E-state index in [9.17, 15) is 5.11 Å². The second-order valence-corrected chi connectivity index (χ2v) is 11.7. The summed E-state index contributed by atoms with van der Waals surface area (Å²) < 4.78 is 0. The van der Waals surface area contributed by atoms with E-state index in [0.29, 0.717) is 23.9 Å². The number of hydrogen-bond acceptors (Lipinski definition) is 7. The molecule has 0 amide bonds. The first kappa shape index (κ1) is 26.9. The molecule has 1 aromatic heterocycles. The fourth-order valence-corrected chi connectivity index (χ4v) is 6.71. The lowest BCUT2D eigenvalue weighted by Gasteiger charge is -2.47. The van der Waals surface area contributed by atoms with Crippen molar-refractivity contribution in [3.8, 4) is 5.75 Å². The van der Waals surface area contributed by atoms with Crippen molar-refractivity contribution in [3.05, 3.63) is 59.9 Å². The number of piperidine rings is 1. The van der Waals surface area contributed by atoms with Crippen LogP contribution in [0, 0.1) is 0 Å². The number of aromatic hydroxyl groups is 1. The Kier molecular flexibility index (Phi) is 7.89. The normalized spacial score (nSPS) is 23.2. The number of benzene rings is 2. The van der Waals surface area contributed by atoms with Crippen molar-refractivity contribution >= 4 is 16.7 Å². The van der Waals surface area contributed by atoms with E-state index >= 15 is 0 Å². The first-order valence-corrected chi connectivity index (χ1v) is 14.3.